The van der Waals surface area contributed by atoms with Crippen molar-refractivity contribution in [2.45, 2.75) is 149 Å². The summed E-state index contributed by atoms with van der Waals surface area (Å²) in [5.74, 6) is 1.59. The van der Waals surface area contributed by atoms with Gasteiger partial charge in [-0.2, -0.15) is 0 Å². The van der Waals surface area contributed by atoms with Gasteiger partial charge in [-0.15, -0.1) is 0 Å². The maximum absolute atomic E-state index is 2.55. The summed E-state index contributed by atoms with van der Waals surface area (Å²) < 4.78 is 5.11. The normalized spacial score (nSPS) is 11.4. The molecule has 0 atom stereocenters. The number of imidazole rings is 1. The predicted molar refractivity (Wildman–Crippen MR) is 124 cm³/mol. The molecule has 1 rings (SSSR count). The zero-order valence-corrected chi connectivity index (χ0v) is 19.7. The molecule has 0 unspecified atom stereocenters. The average Bonchev–Trinajstić information content (AvgIpc) is 3.08. The van der Waals surface area contributed by atoms with Crippen LogP contribution in [0.1, 0.15) is 136 Å². The van der Waals surface area contributed by atoms with E-state index in [1.807, 2.05) is 0 Å². The molecule has 0 N–H and O–H groups in total. The molecule has 0 aliphatic rings. The van der Waals surface area contributed by atoms with Gasteiger partial charge in [-0.05, 0) is 32.1 Å². The van der Waals surface area contributed by atoms with Crippen LogP contribution in [0.5, 0.6) is 0 Å². The highest BCUT2D eigenvalue weighted by Gasteiger charge is 2.16. The lowest BCUT2D eigenvalue weighted by Gasteiger charge is -2.06. The summed E-state index contributed by atoms with van der Waals surface area (Å²) in [6.07, 6.45) is 29.7. The molecule has 28 heavy (non-hydrogen) atoms. The Morgan fingerprint density at radius 3 is 1.71 bits per heavy atom. The zero-order valence-electron chi connectivity index (χ0n) is 19.7. The fourth-order valence-electron chi connectivity index (χ4n) is 4.20. The minimum absolute atomic E-state index is 1.21. The summed E-state index contributed by atoms with van der Waals surface area (Å²) in [5.41, 5.74) is 0. The van der Waals surface area contributed by atoms with Crippen molar-refractivity contribution in [2.75, 3.05) is 0 Å². The molecule has 2 heteroatoms. The molecule has 1 heterocycles. The summed E-state index contributed by atoms with van der Waals surface area (Å²) in [6, 6.07) is 0. The molecule has 0 fully saturated rings. The SMILES string of the molecule is CCCCCCCCCCCCCc1n(CCCCC)cc[n+]1CCCCC. The third-order valence-corrected chi connectivity index (χ3v) is 6.10. The lowest BCUT2D eigenvalue weighted by Crippen LogP contribution is -2.37. The molecular formula is C26H51N2+. The second kappa shape index (κ2) is 18.3. The standard InChI is InChI=1S/C26H51N2/c1-4-7-10-11-12-13-14-15-16-17-18-21-26-27(22-19-8-5-2)24-25-28(26)23-20-9-6-3/h24-25H,4-23H2,1-3H3/q+1. The van der Waals surface area contributed by atoms with E-state index >= 15 is 0 Å². The number of aromatic nitrogens is 2. The molecule has 0 aromatic carbocycles. The molecule has 1 aromatic heterocycles. The number of unbranched alkanes of at least 4 members (excludes halogenated alkanes) is 14. The smallest absolute Gasteiger partial charge is 0.234 e. The second-order valence-corrected chi connectivity index (χ2v) is 8.80. The van der Waals surface area contributed by atoms with Gasteiger partial charge in [0.1, 0.15) is 12.4 Å². The zero-order chi connectivity index (χ0) is 20.3. The van der Waals surface area contributed by atoms with E-state index in [2.05, 4.69) is 42.3 Å². The Labute approximate surface area is 177 Å². The van der Waals surface area contributed by atoms with Crippen molar-refractivity contribution >= 4 is 0 Å². The van der Waals surface area contributed by atoms with E-state index in [9.17, 15) is 0 Å². The van der Waals surface area contributed by atoms with Crippen molar-refractivity contribution in [2.24, 2.45) is 0 Å². The number of rotatable bonds is 20. The summed E-state index contributed by atoms with van der Waals surface area (Å²) in [5, 5.41) is 0. The number of hydrogen-bond acceptors (Lipinski definition) is 0. The Bertz CT molecular complexity index is 422. The summed E-state index contributed by atoms with van der Waals surface area (Å²) in [7, 11) is 0. The van der Waals surface area contributed by atoms with Crippen molar-refractivity contribution in [1.29, 1.82) is 0 Å². The largest absolute Gasteiger partial charge is 0.256 e. The van der Waals surface area contributed by atoms with Gasteiger partial charge in [-0.25, -0.2) is 9.13 Å². The van der Waals surface area contributed by atoms with Gasteiger partial charge in [-0.3, -0.25) is 0 Å². The van der Waals surface area contributed by atoms with Crippen molar-refractivity contribution < 1.29 is 4.57 Å². The molecule has 0 saturated carbocycles. The first-order valence-corrected chi connectivity index (χ1v) is 12.9. The minimum Gasteiger partial charge on any atom is -0.234 e. The van der Waals surface area contributed by atoms with Crippen LogP contribution in [0, 0.1) is 0 Å². The predicted octanol–water partition coefficient (Wildman–Crippen LogP) is 8.01. The van der Waals surface area contributed by atoms with E-state index in [-0.39, 0.29) is 0 Å². The molecule has 0 amide bonds. The van der Waals surface area contributed by atoms with Gasteiger partial charge in [0.05, 0.1) is 13.1 Å². The van der Waals surface area contributed by atoms with Crippen LogP contribution in [0.15, 0.2) is 12.4 Å². The van der Waals surface area contributed by atoms with E-state index in [4.69, 9.17) is 0 Å². The fourth-order valence-corrected chi connectivity index (χ4v) is 4.20. The van der Waals surface area contributed by atoms with Crippen molar-refractivity contribution in [1.82, 2.24) is 4.57 Å². The van der Waals surface area contributed by atoms with E-state index < -0.39 is 0 Å². The lowest BCUT2D eigenvalue weighted by molar-refractivity contribution is -0.704. The summed E-state index contributed by atoms with van der Waals surface area (Å²) in [4.78, 5) is 0. The number of nitrogens with zero attached hydrogens (tertiary/aromatic N) is 2. The van der Waals surface area contributed by atoms with Crippen LogP contribution in [0.4, 0.5) is 0 Å². The van der Waals surface area contributed by atoms with Crippen LogP contribution >= 0.6 is 0 Å². The topological polar surface area (TPSA) is 8.81 Å². The van der Waals surface area contributed by atoms with Gasteiger partial charge in [0.2, 0.25) is 0 Å². The quantitative estimate of drug-likeness (QED) is 0.157. The van der Waals surface area contributed by atoms with Gasteiger partial charge in [0, 0.05) is 6.42 Å². The maximum atomic E-state index is 2.55. The number of hydrogen-bond donors (Lipinski definition) is 0. The maximum Gasteiger partial charge on any atom is 0.256 e. The van der Waals surface area contributed by atoms with Gasteiger partial charge in [-0.1, -0.05) is 97.8 Å². The average molecular weight is 392 g/mol. The molecule has 0 bridgehead atoms. The molecule has 164 valence electrons. The van der Waals surface area contributed by atoms with Crippen LogP contribution in [0.25, 0.3) is 0 Å². The lowest BCUT2D eigenvalue weighted by atomic mass is 10.1. The minimum atomic E-state index is 1.21. The van der Waals surface area contributed by atoms with Crippen LogP contribution in [-0.2, 0) is 19.5 Å². The second-order valence-electron chi connectivity index (χ2n) is 8.80. The van der Waals surface area contributed by atoms with Gasteiger partial charge < -0.3 is 0 Å². The first-order chi connectivity index (χ1) is 13.8. The third-order valence-electron chi connectivity index (χ3n) is 6.10. The summed E-state index contributed by atoms with van der Waals surface area (Å²) in [6.45, 7) is 9.32. The Kier molecular flexibility index (Phi) is 16.5. The highest BCUT2D eigenvalue weighted by molar-refractivity contribution is 4.84. The van der Waals surface area contributed by atoms with Gasteiger partial charge in [0.15, 0.2) is 0 Å². The van der Waals surface area contributed by atoms with Crippen LogP contribution < -0.4 is 4.57 Å². The van der Waals surface area contributed by atoms with Crippen molar-refractivity contribution in [3.63, 3.8) is 0 Å². The van der Waals surface area contributed by atoms with Crippen molar-refractivity contribution in [3.05, 3.63) is 18.2 Å². The first kappa shape index (κ1) is 25.2. The highest BCUT2D eigenvalue weighted by atomic mass is 15.1. The third kappa shape index (κ3) is 11.9. The fraction of sp³-hybridized carbons (Fsp3) is 0.885. The molecular weight excluding hydrogens is 340 g/mol. The highest BCUT2D eigenvalue weighted by Crippen LogP contribution is 2.13. The molecule has 0 saturated heterocycles. The van der Waals surface area contributed by atoms with E-state index in [1.165, 1.54) is 129 Å². The summed E-state index contributed by atoms with van der Waals surface area (Å²) >= 11 is 0. The van der Waals surface area contributed by atoms with E-state index in [0.717, 1.165) is 0 Å². The van der Waals surface area contributed by atoms with Crippen LogP contribution in [0.2, 0.25) is 0 Å². The van der Waals surface area contributed by atoms with Gasteiger partial charge in [0.25, 0.3) is 5.82 Å². The Morgan fingerprint density at radius 1 is 0.607 bits per heavy atom. The monoisotopic (exact) mass is 391 g/mol. The molecule has 2 nitrogen and oxygen atoms in total. The van der Waals surface area contributed by atoms with E-state index in [0.29, 0.717) is 0 Å². The number of aryl methyl sites for hydroxylation is 2. The molecule has 0 spiro atoms. The molecule has 0 radical (unpaired) electrons. The van der Waals surface area contributed by atoms with Crippen LogP contribution in [0.3, 0.4) is 0 Å². The van der Waals surface area contributed by atoms with Crippen LogP contribution in [-0.4, -0.2) is 4.57 Å². The Hall–Kier alpha value is -0.790. The molecule has 1 aromatic rings. The Balaban J connectivity index is 2.25. The van der Waals surface area contributed by atoms with E-state index in [1.54, 1.807) is 5.82 Å². The van der Waals surface area contributed by atoms with Gasteiger partial charge >= 0.3 is 0 Å². The molecule has 0 aliphatic carbocycles. The Morgan fingerprint density at radius 2 is 1.11 bits per heavy atom. The van der Waals surface area contributed by atoms with Crippen molar-refractivity contribution in [3.8, 4) is 0 Å². The molecule has 0 aliphatic heterocycles. The first-order valence-electron chi connectivity index (χ1n) is 12.9.